The van der Waals surface area contributed by atoms with Crippen LogP contribution in [-0.2, 0) is 0 Å². The number of likely N-dealkylation sites (tertiary alicyclic amines) is 2. The van der Waals surface area contributed by atoms with E-state index >= 15 is 0 Å². The van der Waals surface area contributed by atoms with Crippen molar-refractivity contribution in [3.63, 3.8) is 0 Å². The van der Waals surface area contributed by atoms with Crippen LogP contribution in [0, 0.1) is 12.3 Å². The number of nitrogens with zero attached hydrogens (tertiary/aromatic N) is 2. The van der Waals surface area contributed by atoms with Gasteiger partial charge in [0.2, 0.25) is 0 Å². The van der Waals surface area contributed by atoms with Crippen molar-refractivity contribution in [2.45, 2.75) is 45.7 Å². The van der Waals surface area contributed by atoms with E-state index in [0.717, 1.165) is 43.2 Å². The van der Waals surface area contributed by atoms with Gasteiger partial charge in [-0.1, -0.05) is 41.4 Å². The van der Waals surface area contributed by atoms with Crippen molar-refractivity contribution in [1.82, 2.24) is 9.80 Å². The number of nitrogens with one attached hydrogen (secondary N) is 1. The average Bonchev–Trinajstić information content (AvgIpc) is 2.70. The lowest BCUT2D eigenvalue weighted by molar-refractivity contribution is -0.123. The fourth-order valence-electron chi connectivity index (χ4n) is 4.88. The number of hydrogen-bond donors (Lipinski definition) is 1. The van der Waals surface area contributed by atoms with Crippen LogP contribution in [0.4, 0.5) is 10.5 Å². The van der Waals surface area contributed by atoms with Crippen LogP contribution in [0.15, 0.2) is 48.5 Å². The third-order valence-electron chi connectivity index (χ3n) is 6.61. The fourth-order valence-corrected chi connectivity index (χ4v) is 5.00. The van der Waals surface area contributed by atoms with Crippen LogP contribution in [0.2, 0.25) is 5.02 Å². The molecule has 1 N–H and O–H groups in total. The van der Waals surface area contributed by atoms with Gasteiger partial charge in [-0.3, -0.25) is 4.90 Å². The van der Waals surface area contributed by atoms with Crippen molar-refractivity contribution in [3.8, 4) is 0 Å². The fraction of sp³-hybridized carbons (Fsp3) is 0.458. The van der Waals surface area contributed by atoms with Crippen LogP contribution in [0.25, 0.3) is 0 Å². The van der Waals surface area contributed by atoms with Crippen LogP contribution in [-0.4, -0.2) is 41.5 Å². The topological polar surface area (TPSA) is 35.6 Å². The maximum atomic E-state index is 12.7. The Bertz CT molecular complexity index is 855. The summed E-state index contributed by atoms with van der Waals surface area (Å²) in [5, 5.41) is 3.82. The van der Waals surface area contributed by atoms with E-state index in [1.54, 1.807) is 0 Å². The summed E-state index contributed by atoms with van der Waals surface area (Å²) in [7, 11) is 0. The molecule has 5 heteroatoms. The summed E-state index contributed by atoms with van der Waals surface area (Å²) in [6, 6.07) is 17.2. The summed E-state index contributed by atoms with van der Waals surface area (Å²) in [6.07, 6.45) is 2.07. The molecule has 1 atom stereocenters. The van der Waals surface area contributed by atoms with Gasteiger partial charge in [-0.2, -0.15) is 0 Å². The normalized spacial score (nSPS) is 21.3. The third kappa shape index (κ3) is 4.01. The van der Waals surface area contributed by atoms with Crippen LogP contribution >= 0.6 is 11.6 Å². The summed E-state index contributed by atoms with van der Waals surface area (Å²) in [5.74, 6) is 0. The molecule has 0 aromatic heterocycles. The highest BCUT2D eigenvalue weighted by molar-refractivity contribution is 6.30. The van der Waals surface area contributed by atoms with Crippen molar-refractivity contribution in [2.75, 3.05) is 25.0 Å². The lowest BCUT2D eigenvalue weighted by Gasteiger charge is -2.62. The molecule has 2 fully saturated rings. The summed E-state index contributed by atoms with van der Waals surface area (Å²) < 4.78 is 0. The van der Waals surface area contributed by atoms with Gasteiger partial charge in [0.25, 0.3) is 0 Å². The van der Waals surface area contributed by atoms with Crippen LogP contribution in [0.5, 0.6) is 0 Å². The van der Waals surface area contributed by atoms with Gasteiger partial charge in [-0.15, -0.1) is 0 Å². The van der Waals surface area contributed by atoms with Gasteiger partial charge in [0.15, 0.2) is 0 Å². The zero-order chi connectivity index (χ0) is 20.6. The van der Waals surface area contributed by atoms with E-state index < -0.39 is 0 Å². The summed E-state index contributed by atoms with van der Waals surface area (Å²) in [5.41, 5.74) is 3.64. The molecule has 2 heterocycles. The second-order valence-electron chi connectivity index (χ2n) is 8.87. The molecule has 2 aliphatic heterocycles. The lowest BCUT2D eigenvalue weighted by Crippen LogP contribution is -2.64. The van der Waals surface area contributed by atoms with Crippen molar-refractivity contribution in [3.05, 3.63) is 64.7 Å². The number of benzene rings is 2. The van der Waals surface area contributed by atoms with Crippen molar-refractivity contribution in [1.29, 1.82) is 0 Å². The van der Waals surface area contributed by atoms with Gasteiger partial charge in [-0.25, -0.2) is 4.79 Å². The second-order valence-corrected chi connectivity index (χ2v) is 9.30. The Morgan fingerprint density at radius 3 is 2.28 bits per heavy atom. The highest BCUT2D eigenvalue weighted by Crippen LogP contribution is 2.55. The van der Waals surface area contributed by atoms with Crippen molar-refractivity contribution in [2.24, 2.45) is 5.41 Å². The number of amides is 2. The summed E-state index contributed by atoms with van der Waals surface area (Å²) >= 11 is 6.12. The van der Waals surface area contributed by atoms with Crippen molar-refractivity contribution >= 4 is 23.3 Å². The van der Waals surface area contributed by atoms with Gasteiger partial charge in [-0.05, 0) is 63.4 Å². The Morgan fingerprint density at radius 2 is 1.69 bits per heavy atom. The van der Waals surface area contributed by atoms with Crippen molar-refractivity contribution < 1.29 is 4.79 Å². The number of anilines is 1. The Balaban J connectivity index is 1.43. The standard InChI is InChI=1S/C24H30ClN3O/c1-17(2)28-16-24(22(28)19-6-8-20(25)9-7-19)12-14-27(15-13-24)23(29)26-21-10-4-18(3)5-11-21/h4-11,17,22H,12-16H2,1-3H3,(H,26,29). The summed E-state index contributed by atoms with van der Waals surface area (Å²) in [6.45, 7) is 9.28. The molecular weight excluding hydrogens is 382 g/mol. The maximum Gasteiger partial charge on any atom is 0.321 e. The molecule has 2 aliphatic rings. The predicted molar refractivity (Wildman–Crippen MR) is 119 cm³/mol. The van der Waals surface area contributed by atoms with E-state index in [1.165, 1.54) is 11.1 Å². The number of aryl methyl sites for hydroxylation is 1. The van der Waals surface area contributed by atoms with E-state index in [9.17, 15) is 4.79 Å². The molecule has 1 unspecified atom stereocenters. The Labute approximate surface area is 178 Å². The molecule has 2 aromatic rings. The second kappa shape index (κ2) is 8.00. The maximum absolute atomic E-state index is 12.7. The van der Waals surface area contributed by atoms with Gasteiger partial charge >= 0.3 is 6.03 Å². The van der Waals surface area contributed by atoms with Crippen LogP contribution in [0.3, 0.4) is 0 Å². The van der Waals surface area contributed by atoms with Crippen LogP contribution < -0.4 is 5.32 Å². The van der Waals surface area contributed by atoms with Gasteiger partial charge in [0.1, 0.15) is 0 Å². The van der Waals surface area contributed by atoms with Crippen LogP contribution in [0.1, 0.15) is 43.9 Å². The van der Waals surface area contributed by atoms with E-state index in [2.05, 4.69) is 36.2 Å². The van der Waals surface area contributed by atoms with Gasteiger partial charge in [0, 0.05) is 47.8 Å². The van der Waals surface area contributed by atoms with Gasteiger partial charge in [0.05, 0.1) is 0 Å². The number of halogens is 1. The first-order chi connectivity index (χ1) is 13.9. The molecule has 0 radical (unpaired) electrons. The molecule has 2 saturated heterocycles. The predicted octanol–water partition coefficient (Wildman–Crippen LogP) is 5.73. The van der Waals surface area contributed by atoms with E-state index in [-0.39, 0.29) is 11.4 Å². The summed E-state index contributed by atoms with van der Waals surface area (Å²) in [4.78, 5) is 17.3. The Kier molecular flexibility index (Phi) is 5.58. The molecule has 0 saturated carbocycles. The quantitative estimate of drug-likeness (QED) is 0.700. The molecule has 0 bridgehead atoms. The average molecular weight is 412 g/mol. The lowest BCUT2D eigenvalue weighted by atomic mass is 9.62. The number of hydrogen-bond acceptors (Lipinski definition) is 2. The number of rotatable bonds is 3. The van der Waals surface area contributed by atoms with Gasteiger partial charge < -0.3 is 10.2 Å². The molecule has 4 nitrogen and oxygen atoms in total. The number of carbonyl (C=O) groups is 1. The number of carbonyl (C=O) groups excluding carboxylic acids is 1. The highest BCUT2D eigenvalue weighted by Gasteiger charge is 2.54. The molecule has 0 aliphatic carbocycles. The zero-order valence-corrected chi connectivity index (χ0v) is 18.2. The zero-order valence-electron chi connectivity index (χ0n) is 17.5. The first-order valence-electron chi connectivity index (χ1n) is 10.5. The first-order valence-corrected chi connectivity index (χ1v) is 10.9. The molecule has 4 rings (SSSR count). The minimum atomic E-state index is 0.00628. The monoisotopic (exact) mass is 411 g/mol. The molecule has 1 spiro atoms. The molecule has 154 valence electrons. The number of piperidine rings is 1. The Morgan fingerprint density at radius 1 is 1.07 bits per heavy atom. The molecule has 29 heavy (non-hydrogen) atoms. The van der Waals surface area contributed by atoms with E-state index in [4.69, 9.17) is 11.6 Å². The minimum Gasteiger partial charge on any atom is -0.324 e. The first kappa shape index (κ1) is 20.2. The smallest absolute Gasteiger partial charge is 0.321 e. The minimum absolute atomic E-state index is 0.00628. The van der Waals surface area contributed by atoms with E-state index in [0.29, 0.717) is 12.1 Å². The third-order valence-corrected chi connectivity index (χ3v) is 6.86. The molecule has 2 aromatic carbocycles. The highest BCUT2D eigenvalue weighted by atomic mass is 35.5. The SMILES string of the molecule is Cc1ccc(NC(=O)N2CCC3(CC2)CN(C(C)C)C3c2ccc(Cl)cc2)cc1. The van der Waals surface area contributed by atoms with E-state index in [1.807, 2.05) is 48.2 Å². The largest absolute Gasteiger partial charge is 0.324 e. The molecular formula is C24H30ClN3O. The number of urea groups is 1. The molecule has 2 amide bonds. The Hall–Kier alpha value is -2.04.